The van der Waals surface area contributed by atoms with Gasteiger partial charge in [-0.05, 0) is 86.0 Å². The molecule has 1 saturated heterocycles. The Morgan fingerprint density at radius 1 is 1.10 bits per heavy atom. The van der Waals surface area contributed by atoms with E-state index in [-0.39, 0.29) is 24.0 Å². The Balaban J connectivity index is 1.39. The summed E-state index contributed by atoms with van der Waals surface area (Å²) >= 11 is 0. The first kappa shape index (κ1) is 25.4. The molecule has 2 N–H and O–H groups in total. The fraction of sp³-hybridized carbons (Fsp3) is 0.516. The summed E-state index contributed by atoms with van der Waals surface area (Å²) in [5, 5.41) is 24.0. The van der Waals surface area contributed by atoms with Crippen LogP contribution in [0.2, 0.25) is 0 Å². The van der Waals surface area contributed by atoms with Crippen molar-refractivity contribution >= 4 is 16.3 Å². The number of pyridine rings is 1. The van der Waals surface area contributed by atoms with E-state index in [9.17, 15) is 23.4 Å². The molecular formula is C31H33F3N2O3. The van der Waals surface area contributed by atoms with Crippen molar-refractivity contribution in [3.05, 3.63) is 71.1 Å². The Bertz CT molecular complexity index is 1480. The van der Waals surface area contributed by atoms with Gasteiger partial charge in [0.25, 0.3) is 0 Å². The molecule has 2 aromatic rings. The van der Waals surface area contributed by atoms with E-state index < -0.39 is 40.6 Å². The van der Waals surface area contributed by atoms with Crippen LogP contribution in [-0.2, 0) is 4.74 Å². The number of hydrogen-bond acceptors (Lipinski definition) is 5. The molecule has 2 bridgehead atoms. The highest BCUT2D eigenvalue weighted by molar-refractivity contribution is 5.87. The number of likely N-dealkylation sites (N-methyl/N-ethyl adjacent to an activating group) is 1. The molecule has 2 aliphatic heterocycles. The van der Waals surface area contributed by atoms with E-state index in [1.54, 1.807) is 18.5 Å². The summed E-state index contributed by atoms with van der Waals surface area (Å²) in [6, 6.07) is 7.59. The number of aromatic nitrogens is 1. The Kier molecular flexibility index (Phi) is 5.24. The first-order valence-corrected chi connectivity index (χ1v) is 13.7. The number of rotatable bonds is 2. The number of fused-ring (bicyclic) bond motifs is 2. The maximum Gasteiger partial charge on any atom is 0.413 e. The zero-order valence-electron chi connectivity index (χ0n) is 22.3. The van der Waals surface area contributed by atoms with Crippen LogP contribution in [0.3, 0.4) is 0 Å². The topological polar surface area (TPSA) is 65.8 Å². The molecule has 1 saturated carbocycles. The van der Waals surface area contributed by atoms with Crippen LogP contribution in [0, 0.1) is 11.3 Å². The number of nitrogens with zero attached hydrogens (tertiary/aromatic N) is 2. The second kappa shape index (κ2) is 8.03. The largest absolute Gasteiger partial charge is 0.413 e. The van der Waals surface area contributed by atoms with Gasteiger partial charge in [-0.25, -0.2) is 0 Å². The molecule has 5 nitrogen and oxygen atoms in total. The zero-order chi connectivity index (χ0) is 27.5. The first-order chi connectivity index (χ1) is 18.4. The third-order valence-corrected chi connectivity index (χ3v) is 10.5. The molecule has 39 heavy (non-hydrogen) atoms. The van der Waals surface area contributed by atoms with Crippen LogP contribution in [0.25, 0.3) is 16.3 Å². The van der Waals surface area contributed by atoms with Crippen molar-refractivity contribution in [1.82, 2.24) is 9.88 Å². The summed E-state index contributed by atoms with van der Waals surface area (Å²) in [4.78, 5) is 6.05. The summed E-state index contributed by atoms with van der Waals surface area (Å²) in [5.41, 5.74) is -0.901. The van der Waals surface area contributed by atoms with E-state index in [4.69, 9.17) is 4.74 Å². The van der Waals surface area contributed by atoms with Crippen LogP contribution in [-0.4, -0.2) is 69.8 Å². The lowest BCUT2D eigenvalue weighted by Gasteiger charge is -2.57. The van der Waals surface area contributed by atoms with Gasteiger partial charge in [0.1, 0.15) is 6.10 Å². The quantitative estimate of drug-likeness (QED) is 0.551. The minimum absolute atomic E-state index is 0.155. The normalized spacial score (nSPS) is 39.4. The van der Waals surface area contributed by atoms with Gasteiger partial charge in [-0.1, -0.05) is 31.2 Å². The summed E-state index contributed by atoms with van der Waals surface area (Å²) in [6.07, 6.45) is 2.16. The van der Waals surface area contributed by atoms with Gasteiger partial charge < -0.3 is 19.8 Å². The SMILES string of the molecule is CN(C)[C@H]1C[C@@]23CC[C@@]4(O2)C(=C(C(F)(F)F)C[C@]2(C)C(c5ccc6cnccc6c5)=CCC24)C=C3[C@@H](O)[C@@H]1O. The molecule has 1 aromatic carbocycles. The molecule has 206 valence electrons. The molecular weight excluding hydrogens is 505 g/mol. The lowest BCUT2D eigenvalue weighted by atomic mass is 9.56. The number of benzene rings is 1. The smallest absolute Gasteiger partial charge is 0.388 e. The maximum absolute atomic E-state index is 14.9. The number of ether oxygens (including phenoxy) is 1. The molecule has 7 rings (SSSR count). The van der Waals surface area contributed by atoms with Crippen molar-refractivity contribution in [1.29, 1.82) is 0 Å². The Labute approximate surface area is 225 Å². The van der Waals surface area contributed by atoms with Gasteiger partial charge in [0.15, 0.2) is 0 Å². The number of alkyl halides is 3. The fourth-order valence-electron chi connectivity index (χ4n) is 8.63. The van der Waals surface area contributed by atoms with E-state index in [1.807, 2.05) is 44.1 Å². The minimum atomic E-state index is -4.55. The average Bonchev–Trinajstić information content (AvgIpc) is 3.40. The Hall–Kier alpha value is -2.52. The Morgan fingerprint density at radius 3 is 2.64 bits per heavy atom. The molecule has 0 amide bonds. The van der Waals surface area contributed by atoms with Gasteiger partial charge in [-0.3, -0.25) is 4.98 Å². The molecule has 0 radical (unpaired) electrons. The van der Waals surface area contributed by atoms with Crippen molar-refractivity contribution in [2.45, 2.75) is 74.7 Å². The highest BCUT2D eigenvalue weighted by atomic mass is 19.4. The number of halogens is 3. The number of aliphatic hydroxyl groups is 2. The summed E-state index contributed by atoms with van der Waals surface area (Å²) < 4.78 is 51.6. The van der Waals surface area contributed by atoms with Crippen LogP contribution >= 0.6 is 0 Å². The van der Waals surface area contributed by atoms with Crippen molar-refractivity contribution < 1.29 is 28.1 Å². The molecule has 2 spiro atoms. The van der Waals surface area contributed by atoms with Gasteiger partial charge in [-0.2, -0.15) is 13.2 Å². The van der Waals surface area contributed by atoms with Crippen LogP contribution in [0.4, 0.5) is 13.2 Å². The highest BCUT2D eigenvalue weighted by Crippen LogP contribution is 2.70. The van der Waals surface area contributed by atoms with Crippen LogP contribution < -0.4 is 0 Å². The van der Waals surface area contributed by atoms with Crippen LogP contribution in [0.15, 0.2) is 65.5 Å². The number of aliphatic hydroxyl groups excluding tert-OH is 2. The van der Waals surface area contributed by atoms with Crippen molar-refractivity contribution in [3.63, 3.8) is 0 Å². The van der Waals surface area contributed by atoms with E-state index in [0.29, 0.717) is 31.3 Å². The Morgan fingerprint density at radius 2 is 1.90 bits per heavy atom. The summed E-state index contributed by atoms with van der Waals surface area (Å²) in [6.45, 7) is 1.97. The standard InChI is InChI=1S/C31H33F3N2O3/c1-28-14-23(31(32,33)34)21-13-22-26(37)27(38)24(36(2)3)15-29(22)9-10-30(21,39-29)25(28)7-6-20(28)18-4-5-19-16-35-11-8-17(19)12-18/h4-6,8,11-13,16,24-27,37-38H,7,9-10,14-15H2,1-3H3/t24-,25?,26+,27+,28+,29+,30+/m0/s1. The van der Waals surface area contributed by atoms with E-state index in [0.717, 1.165) is 21.9 Å². The predicted octanol–water partition coefficient (Wildman–Crippen LogP) is 5.19. The molecule has 7 atom stereocenters. The van der Waals surface area contributed by atoms with Crippen LogP contribution in [0.1, 0.15) is 44.6 Å². The maximum atomic E-state index is 14.9. The van der Waals surface area contributed by atoms with Gasteiger partial charge in [0.2, 0.25) is 0 Å². The van der Waals surface area contributed by atoms with Crippen LogP contribution in [0.5, 0.6) is 0 Å². The molecule has 8 heteroatoms. The summed E-state index contributed by atoms with van der Waals surface area (Å²) in [5.74, 6) is -0.173. The first-order valence-electron chi connectivity index (χ1n) is 13.7. The van der Waals surface area contributed by atoms with E-state index >= 15 is 0 Å². The van der Waals surface area contributed by atoms with Crippen molar-refractivity contribution in [2.24, 2.45) is 11.3 Å². The average molecular weight is 539 g/mol. The predicted molar refractivity (Wildman–Crippen MR) is 142 cm³/mol. The minimum Gasteiger partial charge on any atom is -0.388 e. The third-order valence-electron chi connectivity index (χ3n) is 10.5. The molecule has 3 aliphatic carbocycles. The van der Waals surface area contributed by atoms with Gasteiger partial charge in [0.05, 0.1) is 17.3 Å². The number of hydrogen-bond donors (Lipinski definition) is 2. The highest BCUT2D eigenvalue weighted by Gasteiger charge is 2.69. The molecule has 5 aliphatic rings. The second-order valence-corrected chi connectivity index (χ2v) is 12.6. The summed E-state index contributed by atoms with van der Waals surface area (Å²) in [7, 11) is 3.69. The second-order valence-electron chi connectivity index (χ2n) is 12.6. The number of allylic oxidation sites excluding steroid dienone is 3. The van der Waals surface area contributed by atoms with Gasteiger partial charge in [0, 0.05) is 40.7 Å². The molecule has 3 heterocycles. The lowest BCUT2D eigenvalue weighted by Crippen LogP contribution is -2.62. The molecule has 2 fully saturated rings. The fourth-order valence-corrected chi connectivity index (χ4v) is 8.63. The lowest BCUT2D eigenvalue weighted by molar-refractivity contribution is -0.170. The van der Waals surface area contributed by atoms with Crippen molar-refractivity contribution in [2.75, 3.05) is 14.1 Å². The zero-order valence-corrected chi connectivity index (χ0v) is 22.3. The third kappa shape index (κ3) is 3.32. The van der Waals surface area contributed by atoms with Crippen molar-refractivity contribution in [3.8, 4) is 0 Å². The monoisotopic (exact) mass is 538 g/mol. The van der Waals surface area contributed by atoms with E-state index in [2.05, 4.69) is 17.1 Å². The van der Waals surface area contributed by atoms with E-state index in [1.165, 1.54) is 0 Å². The van der Waals surface area contributed by atoms with Gasteiger partial charge >= 0.3 is 6.18 Å². The molecule has 1 aromatic heterocycles. The van der Waals surface area contributed by atoms with Gasteiger partial charge in [-0.15, -0.1) is 0 Å². The molecule has 1 unspecified atom stereocenters.